The molecule has 1 aromatic rings. The third kappa shape index (κ3) is 5.80. The first-order valence-corrected chi connectivity index (χ1v) is 5.80. The highest BCUT2D eigenvalue weighted by molar-refractivity contribution is 5.82. The summed E-state index contributed by atoms with van der Waals surface area (Å²) in [6, 6.07) is 5.90. The molecule has 0 unspecified atom stereocenters. The molecule has 0 aromatic heterocycles. The molecule has 0 spiro atoms. The van der Waals surface area contributed by atoms with Crippen LogP contribution in [0.3, 0.4) is 0 Å². The fourth-order valence-corrected chi connectivity index (χ4v) is 1.32. The fraction of sp³-hybridized carbons (Fsp3) is 0.385. The van der Waals surface area contributed by atoms with Crippen LogP contribution in [0.2, 0.25) is 0 Å². The zero-order chi connectivity index (χ0) is 12.5. The topological polar surface area (TPSA) is 41.5 Å². The van der Waals surface area contributed by atoms with Gasteiger partial charge < -0.3 is 0 Å². The van der Waals surface area contributed by atoms with Crippen LogP contribution >= 0.6 is 0 Å². The van der Waals surface area contributed by atoms with Crippen molar-refractivity contribution in [1.82, 2.24) is 5.43 Å². The maximum Gasteiger partial charge on any atom is 0.240 e. The molecular weight excluding hydrogens is 219 g/mol. The van der Waals surface area contributed by atoms with Gasteiger partial charge in [0.2, 0.25) is 5.91 Å². The highest BCUT2D eigenvalue weighted by Crippen LogP contribution is 2.00. The summed E-state index contributed by atoms with van der Waals surface area (Å²) in [5, 5.41) is 3.80. The van der Waals surface area contributed by atoms with E-state index in [9.17, 15) is 9.18 Å². The summed E-state index contributed by atoms with van der Waals surface area (Å²) < 4.78 is 12.6. The molecule has 1 aromatic carbocycles. The van der Waals surface area contributed by atoms with Gasteiger partial charge in [-0.1, -0.05) is 31.9 Å². The first kappa shape index (κ1) is 13.4. The van der Waals surface area contributed by atoms with Crippen molar-refractivity contribution in [1.29, 1.82) is 0 Å². The van der Waals surface area contributed by atoms with Gasteiger partial charge in [-0.2, -0.15) is 5.10 Å². The molecule has 0 heterocycles. The number of carbonyl (C=O) groups is 1. The van der Waals surface area contributed by atoms with Crippen LogP contribution in [-0.2, 0) is 4.79 Å². The highest BCUT2D eigenvalue weighted by Gasteiger charge is 1.97. The molecule has 4 heteroatoms. The average molecular weight is 236 g/mol. The Morgan fingerprint density at radius 2 is 2.06 bits per heavy atom. The van der Waals surface area contributed by atoms with Crippen molar-refractivity contribution in [3.05, 3.63) is 35.6 Å². The molecule has 0 saturated heterocycles. The average Bonchev–Trinajstić information content (AvgIpc) is 2.32. The number of nitrogens with zero attached hydrogens (tertiary/aromatic N) is 1. The molecule has 0 atom stereocenters. The van der Waals surface area contributed by atoms with E-state index in [0.717, 1.165) is 24.8 Å². The molecule has 0 bridgehead atoms. The summed E-state index contributed by atoms with van der Waals surface area (Å²) in [5.41, 5.74) is 3.19. The van der Waals surface area contributed by atoms with E-state index >= 15 is 0 Å². The lowest BCUT2D eigenvalue weighted by atomic mass is 10.2. The van der Waals surface area contributed by atoms with Crippen LogP contribution in [0.4, 0.5) is 4.39 Å². The summed E-state index contributed by atoms with van der Waals surface area (Å²) in [6.07, 6.45) is 5.02. The van der Waals surface area contributed by atoms with Crippen molar-refractivity contribution in [2.75, 3.05) is 0 Å². The van der Waals surface area contributed by atoms with Crippen LogP contribution in [0.5, 0.6) is 0 Å². The van der Waals surface area contributed by atoms with Gasteiger partial charge in [-0.3, -0.25) is 4.79 Å². The highest BCUT2D eigenvalue weighted by atomic mass is 19.1. The van der Waals surface area contributed by atoms with Crippen LogP contribution in [0.15, 0.2) is 29.4 Å². The molecule has 1 amide bonds. The van der Waals surface area contributed by atoms with Crippen molar-refractivity contribution < 1.29 is 9.18 Å². The summed E-state index contributed by atoms with van der Waals surface area (Å²) in [4.78, 5) is 11.3. The number of unbranched alkanes of at least 4 members (excludes halogenated alkanes) is 2. The fourth-order valence-electron chi connectivity index (χ4n) is 1.32. The van der Waals surface area contributed by atoms with Gasteiger partial charge in [0.1, 0.15) is 5.82 Å². The number of hydrogen-bond donors (Lipinski definition) is 1. The van der Waals surface area contributed by atoms with Gasteiger partial charge in [0, 0.05) is 6.42 Å². The van der Waals surface area contributed by atoms with E-state index in [4.69, 9.17) is 0 Å². The number of halogens is 1. The van der Waals surface area contributed by atoms with Crippen molar-refractivity contribution in [3.8, 4) is 0 Å². The monoisotopic (exact) mass is 236 g/mol. The summed E-state index contributed by atoms with van der Waals surface area (Å²) >= 11 is 0. The van der Waals surface area contributed by atoms with E-state index in [0.29, 0.717) is 6.42 Å². The van der Waals surface area contributed by atoms with Crippen molar-refractivity contribution in [2.24, 2.45) is 5.10 Å². The van der Waals surface area contributed by atoms with Crippen LogP contribution in [0.1, 0.15) is 38.2 Å². The normalized spacial score (nSPS) is 10.7. The van der Waals surface area contributed by atoms with E-state index in [1.165, 1.54) is 18.3 Å². The van der Waals surface area contributed by atoms with Crippen LogP contribution in [0.25, 0.3) is 0 Å². The number of benzene rings is 1. The number of nitrogens with one attached hydrogen (secondary N) is 1. The third-order valence-electron chi connectivity index (χ3n) is 2.28. The lowest BCUT2D eigenvalue weighted by Crippen LogP contribution is -2.16. The summed E-state index contributed by atoms with van der Waals surface area (Å²) in [5.74, 6) is -0.373. The largest absolute Gasteiger partial charge is 0.273 e. The lowest BCUT2D eigenvalue weighted by molar-refractivity contribution is -0.121. The first-order valence-electron chi connectivity index (χ1n) is 5.80. The Labute approximate surface area is 101 Å². The number of hydrogen-bond acceptors (Lipinski definition) is 2. The molecule has 0 aliphatic rings. The second-order valence-electron chi connectivity index (χ2n) is 3.80. The number of carbonyl (C=O) groups excluding carboxylic acids is 1. The second-order valence-corrected chi connectivity index (χ2v) is 3.80. The minimum absolute atomic E-state index is 0.0863. The Balaban J connectivity index is 2.29. The Kier molecular flexibility index (Phi) is 5.93. The minimum Gasteiger partial charge on any atom is -0.273 e. The molecule has 0 aliphatic heterocycles. The van der Waals surface area contributed by atoms with Gasteiger partial charge in [-0.25, -0.2) is 9.82 Å². The first-order chi connectivity index (χ1) is 8.22. The smallest absolute Gasteiger partial charge is 0.240 e. The second kappa shape index (κ2) is 7.54. The predicted molar refractivity (Wildman–Crippen MR) is 66.3 cm³/mol. The van der Waals surface area contributed by atoms with Gasteiger partial charge in [0.05, 0.1) is 6.21 Å². The Morgan fingerprint density at radius 1 is 1.35 bits per heavy atom. The van der Waals surface area contributed by atoms with Crippen molar-refractivity contribution >= 4 is 12.1 Å². The molecule has 1 N–H and O–H groups in total. The molecule has 92 valence electrons. The molecule has 0 aliphatic carbocycles. The predicted octanol–water partition coefficient (Wildman–Crippen LogP) is 2.86. The molecule has 0 saturated carbocycles. The molecule has 1 rings (SSSR count). The summed E-state index contributed by atoms with van der Waals surface area (Å²) in [7, 11) is 0. The van der Waals surface area contributed by atoms with E-state index in [2.05, 4.69) is 17.5 Å². The van der Waals surface area contributed by atoms with Crippen molar-refractivity contribution in [3.63, 3.8) is 0 Å². The maximum absolute atomic E-state index is 12.6. The maximum atomic E-state index is 12.6. The van der Waals surface area contributed by atoms with Gasteiger partial charge in [0.15, 0.2) is 0 Å². The molecule has 0 radical (unpaired) electrons. The van der Waals surface area contributed by atoms with E-state index in [1.54, 1.807) is 12.1 Å². The Hall–Kier alpha value is -1.71. The quantitative estimate of drug-likeness (QED) is 0.460. The van der Waals surface area contributed by atoms with Gasteiger partial charge in [-0.05, 0) is 24.1 Å². The standard InChI is InChI=1S/C13H17FN2O/c1-2-3-4-5-13(17)16-15-10-11-6-8-12(14)9-7-11/h6-10H,2-5H2,1H3,(H,16,17). The molecule has 3 nitrogen and oxygen atoms in total. The van der Waals surface area contributed by atoms with Gasteiger partial charge in [0.25, 0.3) is 0 Å². The molecule has 0 fully saturated rings. The third-order valence-corrected chi connectivity index (χ3v) is 2.28. The number of amides is 1. The van der Waals surface area contributed by atoms with E-state index in [-0.39, 0.29) is 11.7 Å². The molecule has 17 heavy (non-hydrogen) atoms. The lowest BCUT2D eigenvalue weighted by Gasteiger charge is -1.98. The minimum atomic E-state index is -0.286. The van der Waals surface area contributed by atoms with Gasteiger partial charge in [-0.15, -0.1) is 0 Å². The number of hydrazone groups is 1. The van der Waals surface area contributed by atoms with Gasteiger partial charge >= 0.3 is 0 Å². The van der Waals surface area contributed by atoms with Crippen molar-refractivity contribution in [2.45, 2.75) is 32.6 Å². The zero-order valence-electron chi connectivity index (χ0n) is 9.95. The van der Waals surface area contributed by atoms with Crippen LogP contribution < -0.4 is 5.43 Å². The summed E-state index contributed by atoms with van der Waals surface area (Å²) in [6.45, 7) is 2.09. The van der Waals surface area contributed by atoms with E-state index < -0.39 is 0 Å². The van der Waals surface area contributed by atoms with E-state index in [1.807, 2.05) is 0 Å². The van der Waals surface area contributed by atoms with Crippen LogP contribution in [0, 0.1) is 5.82 Å². The number of rotatable bonds is 6. The van der Waals surface area contributed by atoms with Crippen LogP contribution in [-0.4, -0.2) is 12.1 Å². The zero-order valence-corrected chi connectivity index (χ0v) is 9.95. The SMILES string of the molecule is CCCCCC(=O)NN=Cc1ccc(F)cc1. The molecular formula is C13H17FN2O. The Morgan fingerprint density at radius 3 is 2.71 bits per heavy atom. The Bertz CT molecular complexity index is 374.